The first-order chi connectivity index (χ1) is 14.6. The summed E-state index contributed by atoms with van der Waals surface area (Å²) in [6, 6.07) is 10.1. The standard InChI is InChI=1S/C25H32N4O/c1-4-29(5-2)18(3)22-11-10-19(17-28-22)20-16-25(12-7-14-27-15-13-25)30-23-9-6-8-21(26)24(20)23/h6,8-11,16-17,27H,3-5,7,12-15,26H2,1-2H3. The van der Waals surface area contributed by atoms with Gasteiger partial charge in [0.1, 0.15) is 11.4 Å². The minimum absolute atomic E-state index is 0.302. The lowest BCUT2D eigenvalue weighted by Crippen LogP contribution is -2.37. The highest BCUT2D eigenvalue weighted by molar-refractivity contribution is 5.90. The zero-order chi connectivity index (χ0) is 21.1. The molecule has 3 N–H and O–H groups in total. The predicted molar refractivity (Wildman–Crippen MR) is 124 cm³/mol. The van der Waals surface area contributed by atoms with Gasteiger partial charge in [-0.25, -0.2) is 0 Å². The zero-order valence-electron chi connectivity index (χ0n) is 18.1. The van der Waals surface area contributed by atoms with Gasteiger partial charge in [-0.1, -0.05) is 18.7 Å². The summed E-state index contributed by atoms with van der Waals surface area (Å²) in [6.45, 7) is 12.3. The number of ether oxygens (including phenoxy) is 1. The number of rotatable bonds is 5. The maximum atomic E-state index is 6.56. The Kier molecular flexibility index (Phi) is 5.82. The highest BCUT2D eigenvalue weighted by Gasteiger charge is 2.37. The second-order valence-corrected chi connectivity index (χ2v) is 8.10. The summed E-state index contributed by atoms with van der Waals surface area (Å²) in [5.74, 6) is 0.867. The number of nitrogens with two attached hydrogens (primary N) is 1. The van der Waals surface area contributed by atoms with Crippen LogP contribution in [0.25, 0.3) is 11.3 Å². The summed E-state index contributed by atoms with van der Waals surface area (Å²) < 4.78 is 6.56. The maximum Gasteiger partial charge on any atom is 0.130 e. The number of fused-ring (bicyclic) bond motifs is 1. The molecule has 1 aromatic carbocycles. The molecule has 0 aliphatic carbocycles. The van der Waals surface area contributed by atoms with Gasteiger partial charge in [0.2, 0.25) is 0 Å². The first kappa shape index (κ1) is 20.5. The Balaban J connectivity index is 1.75. The van der Waals surface area contributed by atoms with Crippen molar-refractivity contribution < 1.29 is 4.74 Å². The highest BCUT2D eigenvalue weighted by Crippen LogP contribution is 2.45. The van der Waals surface area contributed by atoms with Crippen molar-refractivity contribution in [2.75, 3.05) is 31.9 Å². The van der Waals surface area contributed by atoms with Crippen LogP contribution in [0.2, 0.25) is 0 Å². The number of nitrogen functional groups attached to an aromatic ring is 1. The van der Waals surface area contributed by atoms with Gasteiger partial charge >= 0.3 is 0 Å². The highest BCUT2D eigenvalue weighted by atomic mass is 16.5. The number of hydrogen-bond donors (Lipinski definition) is 2. The molecule has 0 radical (unpaired) electrons. The van der Waals surface area contributed by atoms with Gasteiger partial charge in [0, 0.05) is 42.5 Å². The van der Waals surface area contributed by atoms with Crippen LogP contribution in [0.15, 0.2) is 49.2 Å². The second kappa shape index (κ2) is 8.52. The van der Waals surface area contributed by atoms with Gasteiger partial charge in [0.25, 0.3) is 0 Å². The lowest BCUT2D eigenvalue weighted by atomic mass is 9.84. The Bertz CT molecular complexity index is 936. The van der Waals surface area contributed by atoms with Crippen molar-refractivity contribution in [2.45, 2.75) is 38.7 Å². The predicted octanol–water partition coefficient (Wildman–Crippen LogP) is 4.31. The first-order valence-corrected chi connectivity index (χ1v) is 11.0. The van der Waals surface area contributed by atoms with E-state index in [4.69, 9.17) is 15.5 Å². The van der Waals surface area contributed by atoms with E-state index in [1.165, 1.54) is 0 Å². The average molecular weight is 405 g/mol. The summed E-state index contributed by atoms with van der Waals surface area (Å²) in [4.78, 5) is 6.97. The molecule has 2 aliphatic heterocycles. The van der Waals surface area contributed by atoms with Crippen molar-refractivity contribution in [3.05, 3.63) is 66.0 Å². The SMILES string of the molecule is C=C(c1ccc(C2=CC3(CCCNCC3)Oc3cccc(N)c32)cn1)N(CC)CC. The van der Waals surface area contributed by atoms with Crippen molar-refractivity contribution in [1.82, 2.24) is 15.2 Å². The van der Waals surface area contributed by atoms with Gasteiger partial charge in [-0.2, -0.15) is 0 Å². The number of aromatic nitrogens is 1. The largest absolute Gasteiger partial charge is 0.482 e. The van der Waals surface area contributed by atoms with Crippen LogP contribution in [0.4, 0.5) is 5.69 Å². The van der Waals surface area contributed by atoms with Crippen molar-refractivity contribution >= 4 is 17.0 Å². The second-order valence-electron chi connectivity index (χ2n) is 8.10. The molecule has 3 heterocycles. The van der Waals surface area contributed by atoms with Crippen LogP contribution in [0.3, 0.4) is 0 Å². The molecule has 1 spiro atoms. The van der Waals surface area contributed by atoms with E-state index in [0.29, 0.717) is 0 Å². The molecule has 2 aromatic rings. The minimum Gasteiger partial charge on any atom is -0.482 e. The van der Waals surface area contributed by atoms with E-state index in [9.17, 15) is 0 Å². The van der Waals surface area contributed by atoms with E-state index in [1.54, 1.807) is 0 Å². The first-order valence-electron chi connectivity index (χ1n) is 11.0. The third-order valence-electron chi connectivity index (χ3n) is 6.24. The molecule has 30 heavy (non-hydrogen) atoms. The molecule has 2 aliphatic rings. The topological polar surface area (TPSA) is 63.4 Å². The fraction of sp³-hybridized carbons (Fsp3) is 0.400. The Hall–Kier alpha value is -2.79. The van der Waals surface area contributed by atoms with Gasteiger partial charge in [0.05, 0.1) is 11.4 Å². The summed E-state index contributed by atoms with van der Waals surface area (Å²) >= 11 is 0. The maximum absolute atomic E-state index is 6.56. The van der Waals surface area contributed by atoms with E-state index >= 15 is 0 Å². The molecule has 158 valence electrons. The Morgan fingerprint density at radius 2 is 2.03 bits per heavy atom. The molecule has 4 rings (SSSR count). The summed E-state index contributed by atoms with van der Waals surface area (Å²) in [5.41, 5.74) is 11.8. The normalized spacial score (nSPS) is 20.7. The number of pyridine rings is 1. The van der Waals surface area contributed by atoms with E-state index in [2.05, 4.69) is 48.9 Å². The third kappa shape index (κ3) is 3.82. The van der Waals surface area contributed by atoms with Crippen LogP contribution in [-0.4, -0.2) is 41.7 Å². The molecule has 0 saturated carbocycles. The van der Waals surface area contributed by atoms with Gasteiger partial charge in [-0.3, -0.25) is 4.98 Å². The number of hydrogen-bond acceptors (Lipinski definition) is 5. The molecule has 0 amide bonds. The van der Waals surface area contributed by atoms with E-state index in [1.807, 2.05) is 24.4 Å². The van der Waals surface area contributed by atoms with Gasteiger partial charge in [-0.05, 0) is 69.6 Å². The molecule has 5 heteroatoms. The van der Waals surface area contributed by atoms with Crippen LogP contribution in [0, 0.1) is 0 Å². The fourth-order valence-corrected chi connectivity index (χ4v) is 4.53. The summed E-state index contributed by atoms with van der Waals surface area (Å²) in [6.07, 6.45) is 7.24. The Morgan fingerprint density at radius 3 is 2.77 bits per heavy atom. The molecule has 0 bridgehead atoms. The lowest BCUT2D eigenvalue weighted by Gasteiger charge is -2.37. The average Bonchev–Trinajstić information content (AvgIpc) is 2.99. The number of nitrogens with one attached hydrogen (secondary N) is 1. The molecule has 1 saturated heterocycles. The number of nitrogens with zero attached hydrogens (tertiary/aromatic N) is 2. The summed E-state index contributed by atoms with van der Waals surface area (Å²) in [7, 11) is 0. The van der Waals surface area contributed by atoms with E-state index < -0.39 is 0 Å². The monoisotopic (exact) mass is 404 g/mol. The fourth-order valence-electron chi connectivity index (χ4n) is 4.53. The number of anilines is 1. The minimum atomic E-state index is -0.302. The Morgan fingerprint density at radius 1 is 1.20 bits per heavy atom. The van der Waals surface area contributed by atoms with Gasteiger partial charge in [-0.15, -0.1) is 0 Å². The lowest BCUT2D eigenvalue weighted by molar-refractivity contribution is 0.103. The van der Waals surface area contributed by atoms with Crippen molar-refractivity contribution in [3.8, 4) is 5.75 Å². The van der Waals surface area contributed by atoms with Crippen LogP contribution >= 0.6 is 0 Å². The van der Waals surface area contributed by atoms with Crippen LogP contribution in [-0.2, 0) is 0 Å². The quantitative estimate of drug-likeness (QED) is 0.727. The molecule has 1 unspecified atom stereocenters. The molecule has 5 nitrogen and oxygen atoms in total. The van der Waals surface area contributed by atoms with Gasteiger partial charge < -0.3 is 20.7 Å². The third-order valence-corrected chi connectivity index (χ3v) is 6.24. The van der Waals surface area contributed by atoms with E-state index in [-0.39, 0.29) is 5.60 Å². The zero-order valence-corrected chi connectivity index (χ0v) is 18.1. The smallest absolute Gasteiger partial charge is 0.130 e. The molecule has 1 fully saturated rings. The van der Waals surface area contributed by atoms with Crippen LogP contribution in [0.5, 0.6) is 5.75 Å². The Labute approximate surface area is 179 Å². The van der Waals surface area contributed by atoms with Crippen LogP contribution in [0.1, 0.15) is 49.9 Å². The van der Waals surface area contributed by atoms with E-state index in [0.717, 1.165) is 85.0 Å². The van der Waals surface area contributed by atoms with Crippen LogP contribution < -0.4 is 15.8 Å². The number of benzene rings is 1. The van der Waals surface area contributed by atoms with Crippen molar-refractivity contribution in [2.24, 2.45) is 0 Å². The van der Waals surface area contributed by atoms with Gasteiger partial charge in [0.15, 0.2) is 0 Å². The molecule has 1 aromatic heterocycles. The molecule has 1 atom stereocenters. The van der Waals surface area contributed by atoms with Crippen molar-refractivity contribution in [1.29, 1.82) is 0 Å². The van der Waals surface area contributed by atoms with Crippen molar-refractivity contribution in [3.63, 3.8) is 0 Å². The molecular formula is C25H32N4O. The summed E-state index contributed by atoms with van der Waals surface area (Å²) in [5, 5.41) is 3.49. The molecular weight excluding hydrogens is 372 g/mol.